The van der Waals surface area contributed by atoms with Gasteiger partial charge in [0.05, 0.1) is 5.92 Å². The SMILES string of the molecule is CC(F)(F)[C@@H]1C[C@H]1C(=O)OCc1ccccc1. The number of benzene rings is 1. The van der Waals surface area contributed by atoms with Crippen LogP contribution in [0.25, 0.3) is 0 Å². The molecule has 0 heterocycles. The van der Waals surface area contributed by atoms with Gasteiger partial charge in [-0.3, -0.25) is 4.79 Å². The lowest BCUT2D eigenvalue weighted by Crippen LogP contribution is -2.18. The molecule has 0 spiro atoms. The molecule has 17 heavy (non-hydrogen) atoms. The van der Waals surface area contributed by atoms with Gasteiger partial charge in [-0.25, -0.2) is 8.78 Å². The van der Waals surface area contributed by atoms with Crippen LogP contribution in [0, 0.1) is 11.8 Å². The molecular formula is C13H14F2O2. The van der Waals surface area contributed by atoms with Crippen molar-refractivity contribution in [3.05, 3.63) is 35.9 Å². The van der Waals surface area contributed by atoms with Crippen molar-refractivity contribution in [1.82, 2.24) is 0 Å². The number of halogens is 2. The van der Waals surface area contributed by atoms with Crippen molar-refractivity contribution in [3.8, 4) is 0 Å². The van der Waals surface area contributed by atoms with E-state index in [1.54, 1.807) is 0 Å². The van der Waals surface area contributed by atoms with E-state index >= 15 is 0 Å². The summed E-state index contributed by atoms with van der Waals surface area (Å²) in [5, 5.41) is 0. The zero-order valence-electron chi connectivity index (χ0n) is 9.53. The van der Waals surface area contributed by atoms with Gasteiger partial charge in [-0.05, 0) is 18.9 Å². The van der Waals surface area contributed by atoms with E-state index in [1.165, 1.54) is 0 Å². The van der Waals surface area contributed by atoms with Crippen LogP contribution in [0.15, 0.2) is 30.3 Å². The van der Waals surface area contributed by atoms with E-state index in [0.29, 0.717) is 0 Å². The van der Waals surface area contributed by atoms with E-state index in [1.807, 2.05) is 30.3 Å². The minimum atomic E-state index is -2.78. The number of ether oxygens (including phenoxy) is 1. The minimum absolute atomic E-state index is 0.151. The molecule has 1 saturated carbocycles. The fraction of sp³-hybridized carbons (Fsp3) is 0.462. The largest absolute Gasteiger partial charge is 0.461 e. The Balaban J connectivity index is 1.80. The van der Waals surface area contributed by atoms with Crippen LogP contribution in [0.2, 0.25) is 0 Å². The Bertz CT molecular complexity index is 398. The van der Waals surface area contributed by atoms with Crippen LogP contribution < -0.4 is 0 Å². The summed E-state index contributed by atoms with van der Waals surface area (Å²) < 4.78 is 30.8. The summed E-state index contributed by atoms with van der Waals surface area (Å²) in [6, 6.07) is 9.19. The first-order valence-corrected chi connectivity index (χ1v) is 5.57. The highest BCUT2D eigenvalue weighted by Crippen LogP contribution is 2.49. The first-order valence-electron chi connectivity index (χ1n) is 5.57. The van der Waals surface area contributed by atoms with Crippen LogP contribution in [-0.2, 0) is 16.1 Å². The van der Waals surface area contributed by atoms with E-state index in [2.05, 4.69) is 0 Å². The summed E-state index contributed by atoms with van der Waals surface area (Å²) in [6.45, 7) is 1.00. The second-order valence-electron chi connectivity index (χ2n) is 4.50. The molecule has 1 aromatic rings. The van der Waals surface area contributed by atoms with E-state index in [4.69, 9.17) is 4.74 Å². The molecule has 2 rings (SSSR count). The van der Waals surface area contributed by atoms with E-state index in [0.717, 1.165) is 12.5 Å². The van der Waals surface area contributed by atoms with Gasteiger partial charge in [0.1, 0.15) is 6.61 Å². The van der Waals surface area contributed by atoms with Crippen molar-refractivity contribution < 1.29 is 18.3 Å². The quantitative estimate of drug-likeness (QED) is 0.756. The normalized spacial score (nSPS) is 23.2. The predicted molar refractivity (Wildman–Crippen MR) is 58.5 cm³/mol. The zero-order chi connectivity index (χ0) is 12.5. The van der Waals surface area contributed by atoms with Crippen LogP contribution in [0.1, 0.15) is 18.9 Å². The van der Waals surface area contributed by atoms with Crippen molar-refractivity contribution >= 4 is 5.97 Å². The first kappa shape index (κ1) is 12.0. The zero-order valence-corrected chi connectivity index (χ0v) is 9.53. The van der Waals surface area contributed by atoms with Gasteiger partial charge >= 0.3 is 5.97 Å². The summed E-state index contributed by atoms with van der Waals surface area (Å²) in [6.07, 6.45) is 0.233. The number of hydrogen-bond donors (Lipinski definition) is 0. The molecule has 1 aliphatic rings. The van der Waals surface area contributed by atoms with Crippen LogP contribution >= 0.6 is 0 Å². The highest BCUT2D eigenvalue weighted by Gasteiger charge is 2.56. The van der Waals surface area contributed by atoms with Crippen LogP contribution in [0.5, 0.6) is 0 Å². The molecule has 1 fully saturated rings. The summed E-state index contributed by atoms with van der Waals surface area (Å²) in [5.74, 6) is -4.76. The molecule has 0 amide bonds. The number of alkyl halides is 2. The molecular weight excluding hydrogens is 226 g/mol. The standard InChI is InChI=1S/C13H14F2O2/c1-13(14,15)11-7-10(11)12(16)17-8-9-5-3-2-4-6-9/h2-6,10-11H,7-8H2,1H3/t10-,11-/m1/s1. The van der Waals surface area contributed by atoms with Gasteiger partial charge in [-0.1, -0.05) is 30.3 Å². The van der Waals surface area contributed by atoms with Crippen LogP contribution in [0.4, 0.5) is 8.78 Å². The minimum Gasteiger partial charge on any atom is -0.461 e. The average molecular weight is 240 g/mol. The lowest BCUT2D eigenvalue weighted by atomic mass is 10.2. The molecule has 2 nitrogen and oxygen atoms in total. The van der Waals surface area contributed by atoms with Gasteiger partial charge in [-0.15, -0.1) is 0 Å². The Morgan fingerprint density at radius 3 is 2.59 bits per heavy atom. The molecule has 0 radical (unpaired) electrons. The van der Waals surface area contributed by atoms with Gasteiger partial charge < -0.3 is 4.74 Å². The summed E-state index contributed by atoms with van der Waals surface area (Å²) in [5.41, 5.74) is 0.862. The topological polar surface area (TPSA) is 26.3 Å². The first-order chi connectivity index (χ1) is 7.98. The Labute approximate surface area is 98.6 Å². The second kappa shape index (κ2) is 4.43. The van der Waals surface area contributed by atoms with E-state index < -0.39 is 23.7 Å². The summed E-state index contributed by atoms with van der Waals surface area (Å²) in [7, 11) is 0. The van der Waals surface area contributed by atoms with Gasteiger partial charge in [0.2, 0.25) is 5.92 Å². The third-order valence-corrected chi connectivity index (χ3v) is 2.97. The van der Waals surface area contributed by atoms with Crippen LogP contribution in [-0.4, -0.2) is 11.9 Å². The Hall–Kier alpha value is -1.45. The van der Waals surface area contributed by atoms with Crippen molar-refractivity contribution in [2.45, 2.75) is 25.9 Å². The summed E-state index contributed by atoms with van der Waals surface area (Å²) in [4.78, 5) is 11.5. The maximum absolute atomic E-state index is 12.9. The van der Waals surface area contributed by atoms with Crippen molar-refractivity contribution in [2.24, 2.45) is 11.8 Å². The Morgan fingerprint density at radius 1 is 1.41 bits per heavy atom. The van der Waals surface area contributed by atoms with Gasteiger partial charge in [0, 0.05) is 5.92 Å². The number of carbonyl (C=O) groups is 1. The Kier molecular flexibility index (Phi) is 3.13. The number of carbonyl (C=O) groups excluding carboxylic acids is 1. The lowest BCUT2D eigenvalue weighted by molar-refractivity contribution is -0.148. The Morgan fingerprint density at radius 2 is 2.06 bits per heavy atom. The number of rotatable bonds is 4. The predicted octanol–water partition coefficient (Wildman–Crippen LogP) is 3.02. The molecule has 2 atom stereocenters. The van der Waals surface area contributed by atoms with E-state index in [9.17, 15) is 13.6 Å². The lowest BCUT2D eigenvalue weighted by Gasteiger charge is -2.09. The monoisotopic (exact) mass is 240 g/mol. The van der Waals surface area contributed by atoms with Crippen molar-refractivity contribution in [2.75, 3.05) is 0 Å². The van der Waals surface area contributed by atoms with E-state index in [-0.39, 0.29) is 13.0 Å². The molecule has 4 heteroatoms. The molecule has 92 valence electrons. The third-order valence-electron chi connectivity index (χ3n) is 2.97. The molecule has 0 bridgehead atoms. The van der Waals surface area contributed by atoms with Crippen molar-refractivity contribution in [1.29, 1.82) is 0 Å². The smallest absolute Gasteiger partial charge is 0.309 e. The van der Waals surface area contributed by atoms with Gasteiger partial charge in [0.25, 0.3) is 0 Å². The molecule has 0 aromatic heterocycles. The van der Waals surface area contributed by atoms with Gasteiger partial charge in [0.15, 0.2) is 0 Å². The maximum Gasteiger partial charge on any atom is 0.309 e. The molecule has 0 saturated heterocycles. The highest BCUT2D eigenvalue weighted by atomic mass is 19.3. The van der Waals surface area contributed by atoms with Crippen LogP contribution in [0.3, 0.4) is 0 Å². The molecule has 0 unspecified atom stereocenters. The maximum atomic E-state index is 12.9. The molecule has 1 aromatic carbocycles. The summed E-state index contributed by atoms with van der Waals surface area (Å²) >= 11 is 0. The fourth-order valence-corrected chi connectivity index (χ4v) is 1.85. The molecule has 1 aliphatic carbocycles. The second-order valence-corrected chi connectivity index (χ2v) is 4.50. The number of hydrogen-bond acceptors (Lipinski definition) is 2. The molecule has 0 N–H and O–H groups in total. The fourth-order valence-electron chi connectivity index (χ4n) is 1.85. The highest BCUT2D eigenvalue weighted by molar-refractivity contribution is 5.76. The number of esters is 1. The van der Waals surface area contributed by atoms with Crippen molar-refractivity contribution in [3.63, 3.8) is 0 Å². The third kappa shape index (κ3) is 3.02. The molecule has 0 aliphatic heterocycles. The van der Waals surface area contributed by atoms with Gasteiger partial charge in [-0.2, -0.15) is 0 Å². The average Bonchev–Trinajstić information content (AvgIpc) is 3.06.